The Morgan fingerprint density at radius 3 is 2.50 bits per heavy atom. The number of aliphatic hydroxyl groups excluding tert-OH is 1. The second-order valence-corrected chi connectivity index (χ2v) is 6.18. The highest BCUT2D eigenvalue weighted by molar-refractivity contribution is 5.79. The Bertz CT molecular complexity index is 658. The Kier molecular flexibility index (Phi) is 5.56. The largest absolute Gasteiger partial charge is 0.392 e. The summed E-state index contributed by atoms with van der Waals surface area (Å²) in [5.41, 5.74) is 2.99. The van der Waals surface area contributed by atoms with Crippen LogP contribution in [0.2, 0.25) is 0 Å². The van der Waals surface area contributed by atoms with E-state index in [0.717, 1.165) is 17.5 Å². The number of nitrogens with zero attached hydrogens (tertiary/aromatic N) is 1. The Morgan fingerprint density at radius 2 is 1.79 bits per heavy atom. The summed E-state index contributed by atoms with van der Waals surface area (Å²) in [7, 11) is 0. The lowest BCUT2D eigenvalue weighted by Gasteiger charge is -2.19. The molecular formula is C19H22N2O3. The normalized spacial score (nSPS) is 20.0. The molecule has 1 amide bonds. The minimum Gasteiger partial charge on any atom is -0.392 e. The molecule has 1 aliphatic heterocycles. The molecule has 1 aromatic heterocycles. The van der Waals surface area contributed by atoms with Gasteiger partial charge in [0.15, 0.2) is 0 Å². The Labute approximate surface area is 141 Å². The maximum absolute atomic E-state index is 12.3. The van der Waals surface area contributed by atoms with E-state index in [9.17, 15) is 4.79 Å². The van der Waals surface area contributed by atoms with E-state index in [2.05, 4.69) is 10.3 Å². The van der Waals surface area contributed by atoms with E-state index < -0.39 is 0 Å². The van der Waals surface area contributed by atoms with Gasteiger partial charge < -0.3 is 15.2 Å². The minimum atomic E-state index is 0.00183. The summed E-state index contributed by atoms with van der Waals surface area (Å²) in [6.45, 7) is 1.24. The van der Waals surface area contributed by atoms with E-state index >= 15 is 0 Å². The molecule has 2 atom stereocenters. The zero-order valence-corrected chi connectivity index (χ0v) is 13.5. The third-order valence-corrected chi connectivity index (χ3v) is 4.36. The van der Waals surface area contributed by atoms with Crippen molar-refractivity contribution in [2.75, 3.05) is 13.2 Å². The van der Waals surface area contributed by atoms with Gasteiger partial charge in [-0.25, -0.2) is 0 Å². The Hall–Kier alpha value is -2.24. The van der Waals surface area contributed by atoms with Crippen LogP contribution in [0, 0.1) is 5.92 Å². The molecule has 5 heteroatoms. The highest BCUT2D eigenvalue weighted by Gasteiger charge is 2.29. The van der Waals surface area contributed by atoms with Crippen LogP contribution < -0.4 is 5.32 Å². The number of benzene rings is 1. The van der Waals surface area contributed by atoms with Gasteiger partial charge >= 0.3 is 0 Å². The topological polar surface area (TPSA) is 71.5 Å². The van der Waals surface area contributed by atoms with Gasteiger partial charge in [-0.1, -0.05) is 24.3 Å². The molecule has 0 radical (unpaired) electrons. The molecule has 1 saturated heterocycles. The fourth-order valence-corrected chi connectivity index (χ4v) is 2.99. The van der Waals surface area contributed by atoms with Crippen LogP contribution in [0.25, 0.3) is 0 Å². The van der Waals surface area contributed by atoms with Crippen LogP contribution in [-0.4, -0.2) is 35.3 Å². The number of amides is 1. The average Bonchev–Trinajstić information content (AvgIpc) is 3.03. The number of aliphatic hydroxyl groups is 1. The summed E-state index contributed by atoms with van der Waals surface area (Å²) in [6.07, 6.45) is 4.78. The van der Waals surface area contributed by atoms with Gasteiger partial charge in [-0.05, 0) is 35.2 Å². The highest BCUT2D eigenvalue weighted by Crippen LogP contribution is 2.19. The fourth-order valence-electron chi connectivity index (χ4n) is 2.99. The lowest BCUT2D eigenvalue weighted by molar-refractivity contribution is -0.121. The van der Waals surface area contributed by atoms with Gasteiger partial charge in [0, 0.05) is 18.3 Å². The van der Waals surface area contributed by atoms with Crippen molar-refractivity contribution >= 4 is 5.91 Å². The molecule has 126 valence electrons. The molecule has 1 aliphatic rings. The Balaban J connectivity index is 1.54. The first kappa shape index (κ1) is 16.6. The van der Waals surface area contributed by atoms with Crippen molar-refractivity contribution in [3.05, 3.63) is 65.5 Å². The molecule has 2 heterocycles. The molecule has 1 aromatic carbocycles. The second kappa shape index (κ2) is 8.04. The Morgan fingerprint density at radius 1 is 1.08 bits per heavy atom. The number of nitrogens with one attached hydrogen (secondary N) is 1. The van der Waals surface area contributed by atoms with Crippen molar-refractivity contribution in [3.8, 4) is 0 Å². The van der Waals surface area contributed by atoms with E-state index in [1.165, 1.54) is 5.56 Å². The smallest absolute Gasteiger partial charge is 0.224 e. The molecule has 24 heavy (non-hydrogen) atoms. The monoisotopic (exact) mass is 326 g/mol. The van der Waals surface area contributed by atoms with Crippen LogP contribution in [0.15, 0.2) is 48.8 Å². The molecule has 0 spiro atoms. The van der Waals surface area contributed by atoms with Gasteiger partial charge in [-0.3, -0.25) is 9.78 Å². The molecule has 0 unspecified atom stereocenters. The molecule has 1 fully saturated rings. The second-order valence-electron chi connectivity index (χ2n) is 6.18. The first-order valence-corrected chi connectivity index (χ1v) is 8.19. The third-order valence-electron chi connectivity index (χ3n) is 4.36. The molecule has 2 aromatic rings. The fraction of sp³-hybridized carbons (Fsp3) is 0.368. The van der Waals surface area contributed by atoms with E-state index in [4.69, 9.17) is 9.84 Å². The maximum atomic E-state index is 12.3. The first-order chi connectivity index (χ1) is 11.7. The standard InChI is InChI=1S/C19H22N2O3/c22-11-16-3-1-14(2-4-16)10-19(23)21-18-13-24-12-17(18)9-15-5-7-20-8-6-15/h1-8,17-18,22H,9-13H2,(H,21,23)/t17-,18-/m1/s1. The van der Waals surface area contributed by atoms with Crippen LogP contribution >= 0.6 is 0 Å². The third kappa shape index (κ3) is 4.40. The molecule has 0 bridgehead atoms. The zero-order chi connectivity index (χ0) is 16.8. The van der Waals surface area contributed by atoms with Crippen LogP contribution in [-0.2, 0) is 29.0 Å². The molecule has 0 aliphatic carbocycles. The van der Waals surface area contributed by atoms with E-state index in [0.29, 0.717) is 19.6 Å². The average molecular weight is 326 g/mol. The molecule has 3 rings (SSSR count). The van der Waals surface area contributed by atoms with Crippen molar-refractivity contribution in [2.24, 2.45) is 5.92 Å². The van der Waals surface area contributed by atoms with Crippen LogP contribution in [0.3, 0.4) is 0 Å². The predicted octanol–water partition coefficient (Wildman–Crippen LogP) is 1.49. The summed E-state index contributed by atoms with van der Waals surface area (Å²) in [5, 5.41) is 12.2. The van der Waals surface area contributed by atoms with Crippen molar-refractivity contribution < 1.29 is 14.6 Å². The van der Waals surface area contributed by atoms with Gasteiger partial charge in [0.2, 0.25) is 5.91 Å². The summed E-state index contributed by atoms with van der Waals surface area (Å²) < 4.78 is 5.57. The molecule has 2 N–H and O–H groups in total. The number of rotatable bonds is 6. The van der Waals surface area contributed by atoms with Crippen molar-refractivity contribution in [3.63, 3.8) is 0 Å². The van der Waals surface area contributed by atoms with Crippen LogP contribution in [0.4, 0.5) is 0 Å². The molecule has 0 saturated carbocycles. The van der Waals surface area contributed by atoms with Gasteiger partial charge in [0.05, 0.1) is 32.3 Å². The number of hydrogen-bond donors (Lipinski definition) is 2. The van der Waals surface area contributed by atoms with Gasteiger partial charge in [-0.15, -0.1) is 0 Å². The molecular weight excluding hydrogens is 304 g/mol. The van der Waals surface area contributed by atoms with Crippen LogP contribution in [0.5, 0.6) is 0 Å². The predicted molar refractivity (Wildman–Crippen MR) is 90.2 cm³/mol. The highest BCUT2D eigenvalue weighted by atomic mass is 16.5. The van der Waals surface area contributed by atoms with Crippen molar-refractivity contribution in [2.45, 2.75) is 25.5 Å². The van der Waals surface area contributed by atoms with Crippen molar-refractivity contribution in [1.29, 1.82) is 0 Å². The van der Waals surface area contributed by atoms with E-state index in [1.54, 1.807) is 12.4 Å². The van der Waals surface area contributed by atoms with Gasteiger partial charge in [0.25, 0.3) is 0 Å². The van der Waals surface area contributed by atoms with Gasteiger partial charge in [-0.2, -0.15) is 0 Å². The van der Waals surface area contributed by atoms with Gasteiger partial charge in [0.1, 0.15) is 0 Å². The number of pyridine rings is 1. The lowest BCUT2D eigenvalue weighted by Crippen LogP contribution is -2.41. The summed E-state index contributed by atoms with van der Waals surface area (Å²) in [5.74, 6) is 0.287. The summed E-state index contributed by atoms with van der Waals surface area (Å²) >= 11 is 0. The van der Waals surface area contributed by atoms with E-state index in [1.807, 2.05) is 36.4 Å². The molecule has 5 nitrogen and oxygen atoms in total. The van der Waals surface area contributed by atoms with Crippen LogP contribution in [0.1, 0.15) is 16.7 Å². The number of hydrogen-bond acceptors (Lipinski definition) is 4. The van der Waals surface area contributed by atoms with Crippen molar-refractivity contribution in [1.82, 2.24) is 10.3 Å². The number of aromatic nitrogens is 1. The minimum absolute atomic E-state index is 0.00183. The van der Waals surface area contributed by atoms with E-state index in [-0.39, 0.29) is 24.5 Å². The quantitative estimate of drug-likeness (QED) is 0.844. The zero-order valence-electron chi connectivity index (χ0n) is 13.5. The summed E-state index contributed by atoms with van der Waals surface area (Å²) in [4.78, 5) is 16.3. The SMILES string of the molecule is O=C(Cc1ccc(CO)cc1)N[C@@H]1COC[C@H]1Cc1ccncc1. The number of carbonyl (C=O) groups excluding carboxylic acids is 1. The first-order valence-electron chi connectivity index (χ1n) is 8.19. The number of ether oxygens (including phenoxy) is 1. The lowest BCUT2D eigenvalue weighted by atomic mass is 9.95. The maximum Gasteiger partial charge on any atom is 0.224 e. The number of carbonyl (C=O) groups is 1. The summed E-state index contributed by atoms with van der Waals surface area (Å²) in [6, 6.07) is 11.5.